The van der Waals surface area contributed by atoms with E-state index in [1.54, 1.807) is 11.1 Å². The number of benzene rings is 1. The van der Waals surface area contributed by atoms with Crippen LogP contribution in [0.1, 0.15) is 24.1 Å². The minimum atomic E-state index is -0.123. The van der Waals surface area contributed by atoms with E-state index in [2.05, 4.69) is 15.3 Å². The summed E-state index contributed by atoms with van der Waals surface area (Å²) in [6.45, 7) is 2.47. The molecule has 2 heterocycles. The summed E-state index contributed by atoms with van der Waals surface area (Å²) >= 11 is 0. The normalized spacial score (nSPS) is 15.6. The minimum Gasteiger partial charge on any atom is -0.333 e. The van der Waals surface area contributed by atoms with Crippen molar-refractivity contribution in [2.75, 3.05) is 4.90 Å². The molecule has 1 aliphatic heterocycles. The van der Waals surface area contributed by atoms with Crippen LogP contribution in [0.4, 0.5) is 10.6 Å². The van der Waals surface area contributed by atoms with E-state index in [9.17, 15) is 4.79 Å². The summed E-state index contributed by atoms with van der Waals surface area (Å²) in [6, 6.07) is 9.71. The number of fused-ring (bicyclic) bond motifs is 1. The molecule has 0 saturated carbocycles. The fraction of sp³-hybridized carbons (Fsp3) is 0.214. The van der Waals surface area contributed by atoms with Gasteiger partial charge >= 0.3 is 6.03 Å². The zero-order chi connectivity index (χ0) is 13.2. The molecule has 5 heteroatoms. The van der Waals surface area contributed by atoms with E-state index in [0.717, 1.165) is 11.1 Å². The van der Waals surface area contributed by atoms with E-state index < -0.39 is 0 Å². The number of rotatable bonds is 2. The predicted molar refractivity (Wildman–Crippen MR) is 71.6 cm³/mol. The predicted octanol–water partition coefficient (Wildman–Crippen LogP) is 2.27. The van der Waals surface area contributed by atoms with Crippen molar-refractivity contribution < 1.29 is 4.79 Å². The number of nitrogens with one attached hydrogen (secondary N) is 1. The Morgan fingerprint density at radius 3 is 2.89 bits per heavy atom. The van der Waals surface area contributed by atoms with Crippen LogP contribution in [-0.4, -0.2) is 16.0 Å². The number of nitrogens with zero attached hydrogens (tertiary/aromatic N) is 3. The summed E-state index contributed by atoms with van der Waals surface area (Å²) in [7, 11) is 0. The summed E-state index contributed by atoms with van der Waals surface area (Å²) in [6.07, 6.45) is 3.22. The Morgan fingerprint density at radius 2 is 2.11 bits per heavy atom. The summed E-state index contributed by atoms with van der Waals surface area (Å²) < 4.78 is 0. The fourth-order valence-corrected chi connectivity index (χ4v) is 2.29. The molecule has 1 N–H and O–H groups in total. The molecule has 0 aliphatic carbocycles. The molecule has 0 bridgehead atoms. The molecular formula is C14H14N4O. The van der Waals surface area contributed by atoms with Crippen molar-refractivity contribution >= 4 is 11.8 Å². The Balaban J connectivity index is 2.02. The number of carbonyl (C=O) groups is 1. The third-order valence-electron chi connectivity index (χ3n) is 3.31. The number of hydrogen-bond donors (Lipinski definition) is 1. The van der Waals surface area contributed by atoms with Crippen LogP contribution in [0.2, 0.25) is 0 Å². The van der Waals surface area contributed by atoms with E-state index >= 15 is 0 Å². The highest BCUT2D eigenvalue weighted by Crippen LogP contribution is 2.29. The van der Waals surface area contributed by atoms with E-state index in [4.69, 9.17) is 0 Å². The third kappa shape index (κ3) is 2.03. The second kappa shape index (κ2) is 4.68. The molecule has 0 spiro atoms. The van der Waals surface area contributed by atoms with Crippen LogP contribution in [-0.2, 0) is 6.54 Å². The number of amides is 2. The van der Waals surface area contributed by atoms with Gasteiger partial charge in [0, 0.05) is 18.3 Å². The van der Waals surface area contributed by atoms with Crippen molar-refractivity contribution in [2.24, 2.45) is 0 Å². The molecule has 0 radical (unpaired) electrons. The van der Waals surface area contributed by atoms with Gasteiger partial charge in [0.25, 0.3) is 0 Å². The molecule has 2 amide bonds. The molecule has 5 nitrogen and oxygen atoms in total. The van der Waals surface area contributed by atoms with Gasteiger partial charge in [-0.3, -0.25) is 4.90 Å². The first-order valence-electron chi connectivity index (χ1n) is 6.18. The first-order chi connectivity index (χ1) is 9.27. The van der Waals surface area contributed by atoms with Crippen molar-refractivity contribution in [1.29, 1.82) is 0 Å². The standard InChI is InChI=1S/C14H14N4O/c1-10(11-5-3-2-4-6-11)18-13-12(7-15-9-17-13)8-16-14(18)19/h2-7,9-10H,8H2,1H3,(H,16,19)/t10-/m0/s1. The summed E-state index contributed by atoms with van der Waals surface area (Å²) in [5, 5.41) is 2.85. The van der Waals surface area contributed by atoms with Crippen molar-refractivity contribution in [3.63, 3.8) is 0 Å². The van der Waals surface area contributed by atoms with Gasteiger partial charge in [0.15, 0.2) is 0 Å². The third-order valence-corrected chi connectivity index (χ3v) is 3.31. The maximum Gasteiger partial charge on any atom is 0.323 e. The minimum absolute atomic E-state index is 0.0739. The molecule has 96 valence electrons. The Hall–Kier alpha value is -2.43. The topological polar surface area (TPSA) is 58.1 Å². The molecule has 1 aliphatic rings. The monoisotopic (exact) mass is 254 g/mol. The second-order valence-electron chi connectivity index (χ2n) is 4.49. The lowest BCUT2D eigenvalue weighted by atomic mass is 10.1. The van der Waals surface area contributed by atoms with Gasteiger partial charge in [-0.05, 0) is 12.5 Å². The number of urea groups is 1. The van der Waals surface area contributed by atoms with Crippen molar-refractivity contribution in [3.05, 3.63) is 54.0 Å². The molecule has 19 heavy (non-hydrogen) atoms. The average Bonchev–Trinajstić information content (AvgIpc) is 2.47. The van der Waals surface area contributed by atoms with Crippen LogP contribution in [0.15, 0.2) is 42.9 Å². The first kappa shape index (κ1) is 11.6. The molecule has 1 aromatic carbocycles. The molecule has 1 atom stereocenters. The Bertz CT molecular complexity index is 599. The van der Waals surface area contributed by atoms with Crippen LogP contribution in [0.3, 0.4) is 0 Å². The van der Waals surface area contributed by atoms with Gasteiger partial charge in [-0.15, -0.1) is 0 Å². The molecular weight excluding hydrogens is 240 g/mol. The summed E-state index contributed by atoms with van der Waals surface area (Å²) in [4.78, 5) is 22.1. The lowest BCUT2D eigenvalue weighted by Gasteiger charge is -2.33. The Kier molecular flexibility index (Phi) is 2.87. The Labute approximate surface area is 111 Å². The smallest absolute Gasteiger partial charge is 0.323 e. The van der Waals surface area contributed by atoms with Crippen LogP contribution in [0, 0.1) is 0 Å². The highest BCUT2D eigenvalue weighted by atomic mass is 16.2. The first-order valence-corrected chi connectivity index (χ1v) is 6.18. The average molecular weight is 254 g/mol. The lowest BCUT2D eigenvalue weighted by Crippen LogP contribution is -2.46. The zero-order valence-electron chi connectivity index (χ0n) is 10.6. The Morgan fingerprint density at radius 1 is 1.32 bits per heavy atom. The van der Waals surface area contributed by atoms with Crippen molar-refractivity contribution in [3.8, 4) is 0 Å². The molecule has 1 aromatic heterocycles. The SMILES string of the molecule is C[C@@H](c1ccccc1)N1C(=O)NCc2cncnc21. The van der Waals surface area contributed by atoms with Gasteiger partial charge in [-0.2, -0.15) is 0 Å². The van der Waals surface area contributed by atoms with Gasteiger partial charge in [-0.25, -0.2) is 14.8 Å². The number of carbonyl (C=O) groups excluding carboxylic acids is 1. The number of hydrogen-bond acceptors (Lipinski definition) is 3. The highest BCUT2D eigenvalue weighted by Gasteiger charge is 2.29. The molecule has 3 rings (SSSR count). The van der Waals surface area contributed by atoms with Gasteiger partial charge in [-0.1, -0.05) is 30.3 Å². The van der Waals surface area contributed by atoms with Crippen LogP contribution >= 0.6 is 0 Å². The van der Waals surface area contributed by atoms with Crippen LogP contribution in [0.25, 0.3) is 0 Å². The lowest BCUT2D eigenvalue weighted by molar-refractivity contribution is 0.242. The summed E-state index contributed by atoms with van der Waals surface area (Å²) in [5.74, 6) is 0.690. The fourth-order valence-electron chi connectivity index (χ4n) is 2.29. The van der Waals surface area contributed by atoms with E-state index in [-0.39, 0.29) is 12.1 Å². The second-order valence-corrected chi connectivity index (χ2v) is 4.49. The van der Waals surface area contributed by atoms with Gasteiger partial charge in [0.2, 0.25) is 0 Å². The number of anilines is 1. The zero-order valence-corrected chi connectivity index (χ0v) is 10.6. The molecule has 0 fully saturated rings. The largest absolute Gasteiger partial charge is 0.333 e. The van der Waals surface area contributed by atoms with Crippen LogP contribution in [0.5, 0.6) is 0 Å². The van der Waals surface area contributed by atoms with Crippen molar-refractivity contribution in [2.45, 2.75) is 19.5 Å². The van der Waals surface area contributed by atoms with Gasteiger partial charge in [0.1, 0.15) is 12.1 Å². The maximum absolute atomic E-state index is 12.1. The van der Waals surface area contributed by atoms with E-state index in [1.807, 2.05) is 37.3 Å². The van der Waals surface area contributed by atoms with E-state index in [1.165, 1.54) is 6.33 Å². The van der Waals surface area contributed by atoms with Gasteiger partial charge in [0.05, 0.1) is 6.04 Å². The van der Waals surface area contributed by atoms with Crippen molar-refractivity contribution in [1.82, 2.24) is 15.3 Å². The molecule has 0 unspecified atom stereocenters. The van der Waals surface area contributed by atoms with Gasteiger partial charge < -0.3 is 5.32 Å². The number of aromatic nitrogens is 2. The summed E-state index contributed by atoms with van der Waals surface area (Å²) in [5.41, 5.74) is 2.01. The quantitative estimate of drug-likeness (QED) is 0.894. The van der Waals surface area contributed by atoms with Crippen LogP contribution < -0.4 is 10.2 Å². The molecule has 2 aromatic rings. The van der Waals surface area contributed by atoms with E-state index in [0.29, 0.717) is 12.4 Å². The highest BCUT2D eigenvalue weighted by molar-refractivity contribution is 5.94. The maximum atomic E-state index is 12.1. The molecule has 0 saturated heterocycles.